The van der Waals surface area contributed by atoms with Crippen LogP contribution in [0.2, 0.25) is 5.02 Å². The second-order valence-corrected chi connectivity index (χ2v) is 11.2. The number of carbonyl (C=O) groups excluding carboxylic acids is 2. The van der Waals surface area contributed by atoms with Gasteiger partial charge in [-0.05, 0) is 44.0 Å². The van der Waals surface area contributed by atoms with Gasteiger partial charge in [0.25, 0.3) is 5.91 Å². The van der Waals surface area contributed by atoms with Crippen LogP contribution in [0.25, 0.3) is 11.3 Å². The first-order valence-electron chi connectivity index (χ1n) is 12.6. The number of hydrogen-bond acceptors (Lipinski definition) is 6. The van der Waals surface area contributed by atoms with E-state index in [0.717, 1.165) is 0 Å². The number of nitrogens with zero attached hydrogens (tertiary/aromatic N) is 5. The van der Waals surface area contributed by atoms with Crippen molar-refractivity contribution in [1.29, 1.82) is 0 Å². The molecule has 12 heteroatoms. The van der Waals surface area contributed by atoms with Crippen LogP contribution in [0.1, 0.15) is 54.0 Å². The third-order valence-corrected chi connectivity index (χ3v) is 7.72. The quantitative estimate of drug-likeness (QED) is 0.438. The lowest BCUT2D eigenvalue weighted by atomic mass is 9.98. The monoisotopic (exact) mass is 574 g/mol. The number of carbonyl (C=O) groups is 2. The van der Waals surface area contributed by atoms with E-state index in [9.17, 15) is 14.0 Å². The maximum atomic E-state index is 14.8. The number of alkyl halides is 1. The molecule has 0 spiro atoms. The Morgan fingerprint density at radius 1 is 1.21 bits per heavy atom. The summed E-state index contributed by atoms with van der Waals surface area (Å²) < 4.78 is 22.4. The summed E-state index contributed by atoms with van der Waals surface area (Å²) in [4.78, 5) is 39.4. The number of methoxy groups -OCH3 is 1. The summed E-state index contributed by atoms with van der Waals surface area (Å²) >= 11 is 12.4. The minimum Gasteiger partial charge on any atom is -0.480 e. The minimum atomic E-state index is -0.828. The lowest BCUT2D eigenvalue weighted by molar-refractivity contribution is -0.127. The topological polar surface area (TPSA) is 92.6 Å². The van der Waals surface area contributed by atoms with E-state index < -0.39 is 17.9 Å². The Labute approximate surface area is 235 Å². The number of benzene rings is 1. The fourth-order valence-corrected chi connectivity index (χ4v) is 5.73. The predicted octanol–water partition coefficient (Wildman–Crippen LogP) is 4.43. The summed E-state index contributed by atoms with van der Waals surface area (Å²) in [5.41, 5.74) is 2.80. The van der Waals surface area contributed by atoms with E-state index in [1.54, 1.807) is 23.2 Å². The smallest absolute Gasteiger partial charge is 0.257 e. The average Bonchev–Trinajstić information content (AvgIpc) is 3.41. The highest BCUT2D eigenvalue weighted by molar-refractivity contribution is 6.30. The van der Waals surface area contributed by atoms with E-state index in [1.165, 1.54) is 24.1 Å². The van der Waals surface area contributed by atoms with Crippen molar-refractivity contribution in [3.05, 3.63) is 58.1 Å². The van der Waals surface area contributed by atoms with Crippen molar-refractivity contribution < 1.29 is 18.7 Å². The summed E-state index contributed by atoms with van der Waals surface area (Å²) in [5.74, 6) is -0.434. The predicted molar refractivity (Wildman–Crippen MR) is 147 cm³/mol. The van der Waals surface area contributed by atoms with Crippen molar-refractivity contribution in [1.82, 2.24) is 24.8 Å². The van der Waals surface area contributed by atoms with Crippen molar-refractivity contribution in [2.75, 3.05) is 32.6 Å². The van der Waals surface area contributed by atoms with Gasteiger partial charge in [-0.2, -0.15) is 4.98 Å². The standard InChI is InChI=1S/C27H29Cl2FN6O3/c1-13(2)35-20(17-12-32-27(34(3)4)33-25(17)39-5)10-16-23(35)22(14-6-7-18(29)19(30)8-14)36(26(16)38)21-9-15(28)11-31-24(21)37/h6-8,10,12-13,15,21-22H,9,11H2,1-5H3,(H,31,37)/t15?,21?,22-/m1/s1. The van der Waals surface area contributed by atoms with Crippen LogP contribution in [0.4, 0.5) is 10.3 Å². The summed E-state index contributed by atoms with van der Waals surface area (Å²) in [6.07, 6.45) is 1.94. The first-order chi connectivity index (χ1) is 18.5. The Bertz CT molecular complexity index is 1460. The lowest BCUT2D eigenvalue weighted by Crippen LogP contribution is -2.55. The van der Waals surface area contributed by atoms with Gasteiger partial charge in [0.15, 0.2) is 0 Å². The van der Waals surface area contributed by atoms with E-state index >= 15 is 0 Å². The van der Waals surface area contributed by atoms with Crippen molar-refractivity contribution in [2.24, 2.45) is 0 Å². The fourth-order valence-electron chi connectivity index (χ4n) is 5.37. The van der Waals surface area contributed by atoms with Crippen molar-refractivity contribution in [2.45, 2.75) is 43.8 Å². The molecule has 1 saturated heterocycles. The molecule has 2 aliphatic rings. The third-order valence-electron chi connectivity index (χ3n) is 7.08. The van der Waals surface area contributed by atoms with Crippen LogP contribution >= 0.6 is 23.2 Å². The number of amides is 2. The van der Waals surface area contributed by atoms with Crippen LogP contribution in [0, 0.1) is 5.82 Å². The molecule has 206 valence electrons. The molecule has 2 aliphatic heterocycles. The number of halogens is 3. The molecule has 3 aromatic rings. The van der Waals surface area contributed by atoms with Gasteiger partial charge in [0.05, 0.1) is 46.1 Å². The first-order valence-corrected chi connectivity index (χ1v) is 13.4. The fraction of sp³-hybridized carbons (Fsp3) is 0.407. The Morgan fingerprint density at radius 3 is 2.59 bits per heavy atom. The highest BCUT2D eigenvalue weighted by Crippen LogP contribution is 2.47. The van der Waals surface area contributed by atoms with Crippen LogP contribution in [0.3, 0.4) is 0 Å². The second kappa shape index (κ2) is 10.3. The van der Waals surface area contributed by atoms with Gasteiger partial charge < -0.3 is 24.4 Å². The largest absolute Gasteiger partial charge is 0.480 e. The minimum absolute atomic E-state index is 0.0334. The van der Waals surface area contributed by atoms with Gasteiger partial charge in [0.1, 0.15) is 11.9 Å². The number of aromatic nitrogens is 3. The molecule has 0 bridgehead atoms. The molecule has 9 nitrogen and oxygen atoms in total. The second-order valence-electron chi connectivity index (χ2n) is 10.2. The maximum Gasteiger partial charge on any atom is 0.257 e. The number of hydrogen-bond donors (Lipinski definition) is 1. The number of rotatable bonds is 6. The first kappa shape index (κ1) is 27.2. The van der Waals surface area contributed by atoms with Gasteiger partial charge in [-0.3, -0.25) is 9.59 Å². The molecule has 3 atom stereocenters. The zero-order chi connectivity index (χ0) is 28.2. The van der Waals surface area contributed by atoms with Crippen LogP contribution < -0.4 is 15.0 Å². The summed E-state index contributed by atoms with van der Waals surface area (Å²) in [5, 5.41) is 2.41. The molecule has 2 unspecified atom stereocenters. The maximum absolute atomic E-state index is 14.8. The van der Waals surface area contributed by atoms with Gasteiger partial charge >= 0.3 is 0 Å². The number of fused-ring (bicyclic) bond motifs is 1. The van der Waals surface area contributed by atoms with E-state index in [2.05, 4.69) is 15.3 Å². The molecule has 2 aromatic heterocycles. The Morgan fingerprint density at radius 2 is 1.95 bits per heavy atom. The van der Waals surface area contributed by atoms with Crippen LogP contribution in [0.5, 0.6) is 5.88 Å². The van der Waals surface area contributed by atoms with Crippen LogP contribution in [-0.2, 0) is 4.79 Å². The van der Waals surface area contributed by atoms with Crippen LogP contribution in [0.15, 0.2) is 30.5 Å². The highest BCUT2D eigenvalue weighted by Gasteiger charge is 2.48. The van der Waals surface area contributed by atoms with Crippen molar-refractivity contribution in [3.8, 4) is 17.1 Å². The van der Waals surface area contributed by atoms with E-state index in [4.69, 9.17) is 27.9 Å². The molecule has 2 amide bonds. The van der Waals surface area contributed by atoms with Crippen molar-refractivity contribution in [3.63, 3.8) is 0 Å². The molecule has 1 N–H and O–H groups in total. The van der Waals surface area contributed by atoms with E-state index in [1.807, 2.05) is 32.5 Å². The molecule has 4 heterocycles. The average molecular weight is 575 g/mol. The van der Waals surface area contributed by atoms with Crippen molar-refractivity contribution >= 4 is 41.0 Å². The lowest BCUT2D eigenvalue weighted by Gasteiger charge is -2.37. The van der Waals surface area contributed by atoms with Gasteiger partial charge in [0.2, 0.25) is 17.7 Å². The molecule has 1 aromatic carbocycles. The Kier molecular flexibility index (Phi) is 7.19. The van der Waals surface area contributed by atoms with Gasteiger partial charge in [-0.25, -0.2) is 9.37 Å². The molecule has 39 heavy (non-hydrogen) atoms. The van der Waals surface area contributed by atoms with E-state index in [-0.39, 0.29) is 34.7 Å². The Balaban J connectivity index is 1.74. The SMILES string of the molecule is COc1nc(N(C)C)ncc1-c1cc2c(n1C(C)C)[C@@H](c1ccc(Cl)c(F)c1)N(C1CC(Cl)CNC1=O)C2=O. The number of nitrogens with one attached hydrogen (secondary N) is 1. The number of piperidine rings is 1. The molecular weight excluding hydrogens is 546 g/mol. The zero-order valence-electron chi connectivity index (χ0n) is 22.2. The van der Waals surface area contributed by atoms with E-state index in [0.29, 0.717) is 46.5 Å². The van der Waals surface area contributed by atoms with Gasteiger partial charge in [-0.15, -0.1) is 11.6 Å². The molecule has 1 fully saturated rings. The van der Waals surface area contributed by atoms with Crippen LogP contribution in [-0.4, -0.2) is 70.4 Å². The van der Waals surface area contributed by atoms with Gasteiger partial charge in [0, 0.05) is 32.9 Å². The number of ether oxygens (including phenoxy) is 1. The molecule has 5 rings (SSSR count). The highest BCUT2D eigenvalue weighted by atomic mass is 35.5. The normalized spacial score (nSPS) is 20.8. The summed E-state index contributed by atoms with van der Waals surface area (Å²) in [6.45, 7) is 4.29. The number of anilines is 1. The molecule has 0 radical (unpaired) electrons. The third kappa shape index (κ3) is 4.59. The summed E-state index contributed by atoms with van der Waals surface area (Å²) in [6, 6.07) is 4.50. The zero-order valence-corrected chi connectivity index (χ0v) is 23.7. The Hall–Kier alpha value is -3.37. The molecule has 0 saturated carbocycles. The van der Waals surface area contributed by atoms with Gasteiger partial charge in [-0.1, -0.05) is 17.7 Å². The summed E-state index contributed by atoms with van der Waals surface area (Å²) in [7, 11) is 5.18. The molecular formula is C27H29Cl2FN6O3. The molecule has 0 aliphatic carbocycles.